The fourth-order valence-corrected chi connectivity index (χ4v) is 3.93. The minimum Gasteiger partial charge on any atom is -0.264 e. The van der Waals surface area contributed by atoms with Crippen molar-refractivity contribution in [2.45, 2.75) is 0 Å². The summed E-state index contributed by atoms with van der Waals surface area (Å²) in [6, 6.07) is 18.9. The van der Waals surface area contributed by atoms with E-state index in [0.717, 1.165) is 38.8 Å². The van der Waals surface area contributed by atoms with E-state index in [1.165, 1.54) is 0 Å². The largest absolute Gasteiger partial charge is 0.295 e. The van der Waals surface area contributed by atoms with Gasteiger partial charge in [-0.15, -0.1) is 0 Å². The number of nitro benzene ring substituents is 1. The number of aromatic nitrogens is 3. The smallest absolute Gasteiger partial charge is 0.264 e. The summed E-state index contributed by atoms with van der Waals surface area (Å²) in [7, 11) is 2.02. The molecule has 0 aliphatic carbocycles. The molecule has 0 bridgehead atoms. The SMILES string of the molecule is C[n+]1ccn2c3ccncc3c(-c3ccc([N+](=O)[O-])cc3)c(-c3ccccc3)c21. The van der Waals surface area contributed by atoms with Gasteiger partial charge in [0.25, 0.3) is 11.3 Å². The molecule has 0 spiro atoms. The van der Waals surface area contributed by atoms with Crippen LogP contribution in [-0.2, 0) is 7.05 Å². The summed E-state index contributed by atoms with van der Waals surface area (Å²) < 4.78 is 4.26. The number of rotatable bonds is 3. The number of nitrogens with zero attached hydrogens (tertiary/aromatic N) is 4. The maximum atomic E-state index is 11.1. The molecule has 6 heteroatoms. The third-order valence-electron chi connectivity index (χ3n) is 5.23. The lowest BCUT2D eigenvalue weighted by atomic mass is 9.92. The van der Waals surface area contributed by atoms with Crippen LogP contribution < -0.4 is 4.57 Å². The molecule has 5 aromatic rings. The highest BCUT2D eigenvalue weighted by molar-refractivity contribution is 6.06. The lowest BCUT2D eigenvalue weighted by molar-refractivity contribution is -0.644. The third kappa shape index (κ3) is 2.65. The maximum absolute atomic E-state index is 11.1. The molecule has 0 saturated carbocycles. The van der Waals surface area contributed by atoms with Gasteiger partial charge in [-0.2, -0.15) is 4.40 Å². The van der Waals surface area contributed by atoms with Crippen molar-refractivity contribution in [3.8, 4) is 22.3 Å². The number of pyridine rings is 2. The topological polar surface area (TPSA) is 64.3 Å². The third-order valence-corrected chi connectivity index (χ3v) is 5.23. The van der Waals surface area contributed by atoms with E-state index in [1.54, 1.807) is 18.3 Å². The van der Waals surface area contributed by atoms with Crippen LogP contribution in [0.5, 0.6) is 0 Å². The van der Waals surface area contributed by atoms with Crippen molar-refractivity contribution in [2.24, 2.45) is 7.05 Å². The summed E-state index contributed by atoms with van der Waals surface area (Å²) in [5.41, 5.74) is 6.21. The zero-order chi connectivity index (χ0) is 20.0. The van der Waals surface area contributed by atoms with E-state index in [2.05, 4.69) is 26.1 Å². The molecule has 6 nitrogen and oxygen atoms in total. The number of fused-ring (bicyclic) bond motifs is 3. The van der Waals surface area contributed by atoms with Crippen molar-refractivity contribution >= 4 is 22.2 Å². The fourth-order valence-electron chi connectivity index (χ4n) is 3.93. The van der Waals surface area contributed by atoms with Crippen molar-refractivity contribution in [3.63, 3.8) is 0 Å². The van der Waals surface area contributed by atoms with Crippen LogP contribution in [0.4, 0.5) is 5.69 Å². The zero-order valence-corrected chi connectivity index (χ0v) is 15.7. The van der Waals surface area contributed by atoms with Gasteiger partial charge >= 0.3 is 0 Å². The fraction of sp³-hybridized carbons (Fsp3) is 0.0435. The minimum absolute atomic E-state index is 0.0757. The summed E-state index contributed by atoms with van der Waals surface area (Å²) in [6.45, 7) is 0. The number of hydrogen-bond acceptors (Lipinski definition) is 3. The van der Waals surface area contributed by atoms with Crippen LogP contribution >= 0.6 is 0 Å². The number of nitro groups is 1. The first kappa shape index (κ1) is 17.1. The van der Waals surface area contributed by atoms with E-state index in [4.69, 9.17) is 0 Å². The van der Waals surface area contributed by atoms with Crippen LogP contribution in [0.1, 0.15) is 0 Å². The Balaban J connectivity index is 1.97. The Labute approximate surface area is 166 Å². The maximum Gasteiger partial charge on any atom is 0.295 e. The second-order valence-corrected chi connectivity index (χ2v) is 6.92. The van der Waals surface area contributed by atoms with Gasteiger partial charge in [0.1, 0.15) is 17.9 Å². The molecule has 140 valence electrons. The molecule has 0 unspecified atom stereocenters. The number of hydrogen-bond donors (Lipinski definition) is 0. The molecule has 0 aliphatic heterocycles. The second kappa shape index (κ2) is 6.53. The van der Waals surface area contributed by atoms with Crippen LogP contribution in [0, 0.1) is 10.1 Å². The second-order valence-electron chi connectivity index (χ2n) is 6.92. The van der Waals surface area contributed by atoms with Gasteiger partial charge in [0, 0.05) is 41.5 Å². The Morgan fingerprint density at radius 3 is 2.41 bits per heavy atom. The summed E-state index contributed by atoms with van der Waals surface area (Å²) in [6.07, 6.45) is 7.71. The number of benzene rings is 2. The molecule has 3 aromatic heterocycles. The Hall–Kier alpha value is -4.06. The van der Waals surface area contributed by atoms with Crippen LogP contribution in [0.15, 0.2) is 85.5 Å². The molecular weight excluding hydrogens is 364 g/mol. The molecule has 0 radical (unpaired) electrons. The predicted octanol–water partition coefficient (Wildman–Crippen LogP) is 4.55. The first-order valence-corrected chi connectivity index (χ1v) is 9.22. The quantitative estimate of drug-likeness (QED) is 0.262. The average molecular weight is 381 g/mol. The molecule has 5 rings (SSSR count). The van der Waals surface area contributed by atoms with Gasteiger partial charge in [0.2, 0.25) is 0 Å². The Morgan fingerprint density at radius 1 is 0.966 bits per heavy atom. The Morgan fingerprint density at radius 2 is 1.69 bits per heavy atom. The summed E-state index contributed by atoms with van der Waals surface area (Å²) in [5, 5.41) is 12.1. The van der Waals surface area contributed by atoms with Crippen LogP contribution in [0.3, 0.4) is 0 Å². The van der Waals surface area contributed by atoms with E-state index in [0.29, 0.717) is 0 Å². The first-order chi connectivity index (χ1) is 14.1. The summed E-state index contributed by atoms with van der Waals surface area (Å²) in [5.74, 6) is 0. The van der Waals surface area contributed by atoms with Crippen LogP contribution in [-0.4, -0.2) is 14.3 Å². The van der Waals surface area contributed by atoms with Crippen molar-refractivity contribution in [1.29, 1.82) is 0 Å². The lowest BCUT2D eigenvalue weighted by Crippen LogP contribution is -2.26. The summed E-state index contributed by atoms with van der Waals surface area (Å²) in [4.78, 5) is 15.1. The number of non-ortho nitro benzene ring substituents is 1. The van der Waals surface area contributed by atoms with E-state index in [9.17, 15) is 10.1 Å². The molecule has 0 fully saturated rings. The molecule has 0 atom stereocenters. The number of aryl methyl sites for hydroxylation is 1. The zero-order valence-electron chi connectivity index (χ0n) is 15.7. The molecule has 0 aliphatic rings. The molecule has 0 saturated heterocycles. The highest BCUT2D eigenvalue weighted by Crippen LogP contribution is 2.40. The van der Waals surface area contributed by atoms with E-state index >= 15 is 0 Å². The van der Waals surface area contributed by atoms with Gasteiger partial charge in [-0.1, -0.05) is 30.3 Å². The molecule has 2 aromatic carbocycles. The van der Waals surface area contributed by atoms with E-state index in [1.807, 2.05) is 62.0 Å². The lowest BCUT2D eigenvalue weighted by Gasteiger charge is -2.13. The molecular formula is C23H17N4O2+. The Bertz CT molecular complexity index is 1370. The Kier molecular flexibility index (Phi) is 3.84. The van der Waals surface area contributed by atoms with Crippen molar-refractivity contribution in [3.05, 3.63) is 95.6 Å². The molecule has 0 N–H and O–H groups in total. The molecule has 0 amide bonds. The van der Waals surface area contributed by atoms with Crippen LogP contribution in [0.25, 0.3) is 38.8 Å². The minimum atomic E-state index is -0.377. The van der Waals surface area contributed by atoms with Crippen molar-refractivity contribution in [1.82, 2.24) is 9.38 Å². The van der Waals surface area contributed by atoms with E-state index in [-0.39, 0.29) is 10.6 Å². The van der Waals surface area contributed by atoms with Gasteiger partial charge in [0.15, 0.2) is 0 Å². The van der Waals surface area contributed by atoms with Gasteiger partial charge in [0.05, 0.1) is 17.5 Å². The number of imidazole rings is 1. The van der Waals surface area contributed by atoms with Gasteiger partial charge in [-0.05, 0) is 23.3 Å². The normalized spacial score (nSPS) is 11.2. The van der Waals surface area contributed by atoms with Gasteiger partial charge in [-0.25, -0.2) is 4.57 Å². The summed E-state index contributed by atoms with van der Waals surface area (Å²) >= 11 is 0. The molecule has 3 heterocycles. The highest BCUT2D eigenvalue weighted by Gasteiger charge is 2.25. The highest BCUT2D eigenvalue weighted by atomic mass is 16.6. The standard InChI is InChI=1S/C23H17N4O2/c1-25-13-14-26-20-11-12-24-15-19(20)21(17-7-9-18(10-8-17)27(28)29)22(23(25)26)16-5-3-2-4-6-16/h2-15H,1H3/q+1. The van der Waals surface area contributed by atoms with Crippen LogP contribution in [0.2, 0.25) is 0 Å². The monoisotopic (exact) mass is 381 g/mol. The van der Waals surface area contributed by atoms with Crippen molar-refractivity contribution < 1.29 is 9.49 Å². The van der Waals surface area contributed by atoms with Gasteiger partial charge in [-0.3, -0.25) is 15.1 Å². The molecule has 29 heavy (non-hydrogen) atoms. The predicted molar refractivity (Wildman–Crippen MR) is 111 cm³/mol. The van der Waals surface area contributed by atoms with Gasteiger partial charge < -0.3 is 0 Å². The first-order valence-electron chi connectivity index (χ1n) is 9.22. The van der Waals surface area contributed by atoms with E-state index < -0.39 is 0 Å². The average Bonchev–Trinajstić information content (AvgIpc) is 3.15. The van der Waals surface area contributed by atoms with Crippen molar-refractivity contribution in [2.75, 3.05) is 0 Å².